The molecule has 0 spiro atoms. The van der Waals surface area contributed by atoms with Crippen LogP contribution in [0, 0.1) is 11.6 Å². The highest BCUT2D eigenvalue weighted by Crippen LogP contribution is 2.37. The van der Waals surface area contributed by atoms with E-state index in [9.17, 15) is 27.8 Å². The Kier molecular flexibility index (Phi) is 7.90. The predicted octanol–water partition coefficient (Wildman–Crippen LogP) is 1.98. The van der Waals surface area contributed by atoms with Gasteiger partial charge in [0.05, 0.1) is 42.8 Å². The maximum atomic E-state index is 14.5. The van der Waals surface area contributed by atoms with Crippen molar-refractivity contribution in [2.24, 2.45) is 0 Å². The highest BCUT2D eigenvalue weighted by molar-refractivity contribution is 6.30. The van der Waals surface area contributed by atoms with E-state index in [1.165, 1.54) is 36.3 Å². The minimum Gasteiger partial charge on any atom is -0.394 e. The zero-order chi connectivity index (χ0) is 27.9. The average Bonchev–Trinajstić information content (AvgIpc) is 3.57. The summed E-state index contributed by atoms with van der Waals surface area (Å²) in [6, 6.07) is 0.117. The molecule has 4 heterocycles. The summed E-state index contributed by atoms with van der Waals surface area (Å²) in [5.74, 6) is -5.47. The Morgan fingerprint density at radius 3 is 2.62 bits per heavy atom. The number of halogens is 5. The number of ether oxygens (including phenoxy) is 3. The number of aliphatic hydroxyl groups is 2. The molecule has 1 unspecified atom stereocenters. The number of aliphatic hydroxyl groups excluding tert-OH is 2. The van der Waals surface area contributed by atoms with Gasteiger partial charge in [-0.15, -0.1) is 10.2 Å². The molecule has 0 saturated carbocycles. The second-order valence-corrected chi connectivity index (χ2v) is 9.79. The van der Waals surface area contributed by atoms with Gasteiger partial charge in [0.15, 0.2) is 11.6 Å². The Bertz CT molecular complexity index is 1310. The van der Waals surface area contributed by atoms with E-state index in [-0.39, 0.29) is 30.9 Å². The van der Waals surface area contributed by atoms with Gasteiger partial charge in [-0.3, -0.25) is 0 Å². The van der Waals surface area contributed by atoms with Crippen molar-refractivity contribution in [1.82, 2.24) is 30.0 Å². The van der Waals surface area contributed by atoms with E-state index in [1.807, 2.05) is 0 Å². The molecule has 2 N–H and O–H groups in total. The molecular weight excluding hydrogens is 552 g/mol. The van der Waals surface area contributed by atoms with Crippen molar-refractivity contribution in [2.45, 2.75) is 55.3 Å². The third-order valence-corrected chi connectivity index (χ3v) is 7.28. The lowest BCUT2D eigenvalue weighted by molar-refractivity contribution is -0.212. The van der Waals surface area contributed by atoms with Crippen LogP contribution in [0.4, 0.5) is 17.6 Å². The van der Waals surface area contributed by atoms with Crippen molar-refractivity contribution in [3.63, 3.8) is 0 Å². The second-order valence-electron chi connectivity index (χ2n) is 9.38. The largest absolute Gasteiger partial charge is 0.394 e. The van der Waals surface area contributed by atoms with E-state index in [1.54, 1.807) is 0 Å². The van der Waals surface area contributed by atoms with Crippen molar-refractivity contribution in [1.29, 1.82) is 0 Å². The molecule has 2 aliphatic rings. The highest BCUT2D eigenvalue weighted by atomic mass is 35.5. The Balaban J connectivity index is 1.41. The topological polar surface area (TPSA) is 130 Å². The fourth-order valence-electron chi connectivity index (χ4n) is 4.93. The van der Waals surface area contributed by atoms with Crippen LogP contribution in [0.5, 0.6) is 0 Å². The molecule has 1 aromatic carbocycles. The van der Waals surface area contributed by atoms with Gasteiger partial charge < -0.3 is 24.4 Å². The molecule has 2 fully saturated rings. The molecule has 16 heteroatoms. The Morgan fingerprint density at radius 2 is 1.90 bits per heavy atom. The summed E-state index contributed by atoms with van der Waals surface area (Å²) < 4.78 is 76.2. The molecule has 0 bridgehead atoms. The van der Waals surface area contributed by atoms with E-state index in [2.05, 4.69) is 20.6 Å². The molecule has 0 amide bonds. The van der Waals surface area contributed by atoms with Crippen LogP contribution in [0.2, 0.25) is 5.02 Å². The van der Waals surface area contributed by atoms with Crippen LogP contribution >= 0.6 is 11.6 Å². The Hall–Kier alpha value is -2.69. The smallest absolute Gasteiger partial charge is 0.274 e. The summed E-state index contributed by atoms with van der Waals surface area (Å²) in [6.07, 6.45) is -1.93. The highest BCUT2D eigenvalue weighted by Gasteiger charge is 2.48. The fourth-order valence-corrected chi connectivity index (χ4v) is 5.07. The number of hydrogen-bond donors (Lipinski definition) is 2. The maximum Gasteiger partial charge on any atom is 0.274 e. The summed E-state index contributed by atoms with van der Waals surface area (Å²) in [4.78, 5) is 0. The van der Waals surface area contributed by atoms with Gasteiger partial charge in [0.2, 0.25) is 0 Å². The monoisotopic (exact) mass is 576 g/mol. The minimum atomic E-state index is -3.02. The van der Waals surface area contributed by atoms with Gasteiger partial charge in [-0.1, -0.05) is 22.0 Å². The molecule has 3 aromatic rings. The van der Waals surface area contributed by atoms with Gasteiger partial charge in [0, 0.05) is 31.7 Å². The number of nitrogens with zero attached hydrogens (tertiary/aromatic N) is 6. The summed E-state index contributed by atoms with van der Waals surface area (Å²) in [5.41, 5.74) is 0.0644. The Labute approximate surface area is 224 Å². The van der Waals surface area contributed by atoms with Crippen LogP contribution < -0.4 is 0 Å². The zero-order valence-corrected chi connectivity index (χ0v) is 21.3. The lowest BCUT2D eigenvalue weighted by Gasteiger charge is -2.43. The van der Waals surface area contributed by atoms with Crippen molar-refractivity contribution in [3.05, 3.63) is 46.9 Å². The first-order valence-electron chi connectivity index (χ1n) is 12.0. The standard InChI is InChI=1S/C23H25ClF4N6O5/c1-37-22-15(6-11-7-33(31-29-11)17-10-38-5-4-23(17,27)28)39-16(9-35)21(36)20(22)34-8-14(30-32-34)12-2-3-13(24)19(26)18(12)25/h2-3,7-8,15-17,20-22,35-36H,4-6,9-10H2,1H3/t15-,16-,17?,20+,21+,22+/m1/s1. The average molecular weight is 577 g/mol. The van der Waals surface area contributed by atoms with Crippen LogP contribution in [0.15, 0.2) is 24.5 Å². The third kappa shape index (κ3) is 5.26. The summed E-state index contributed by atoms with van der Waals surface area (Å²) >= 11 is 5.63. The van der Waals surface area contributed by atoms with Gasteiger partial charge >= 0.3 is 0 Å². The molecule has 2 aromatic heterocycles. The number of alkyl halides is 2. The second kappa shape index (κ2) is 11.1. The maximum absolute atomic E-state index is 14.5. The van der Waals surface area contributed by atoms with Gasteiger partial charge in [0.1, 0.15) is 36.1 Å². The van der Waals surface area contributed by atoms with Crippen LogP contribution in [0.1, 0.15) is 24.2 Å². The van der Waals surface area contributed by atoms with Crippen molar-refractivity contribution in [2.75, 3.05) is 26.9 Å². The predicted molar refractivity (Wildman–Crippen MR) is 125 cm³/mol. The number of hydrogen-bond acceptors (Lipinski definition) is 9. The van der Waals surface area contributed by atoms with Crippen LogP contribution in [-0.4, -0.2) is 97.5 Å². The normalized spacial score (nSPS) is 29.0. The van der Waals surface area contributed by atoms with Crippen LogP contribution in [-0.2, 0) is 20.6 Å². The lowest BCUT2D eigenvalue weighted by atomic mass is 9.90. The minimum absolute atomic E-state index is 0.0238. The van der Waals surface area contributed by atoms with Crippen molar-refractivity contribution < 1.29 is 42.0 Å². The first kappa shape index (κ1) is 27.9. The zero-order valence-electron chi connectivity index (χ0n) is 20.5. The van der Waals surface area contributed by atoms with Crippen LogP contribution in [0.25, 0.3) is 11.3 Å². The number of aromatic nitrogens is 6. The third-order valence-electron chi connectivity index (χ3n) is 6.99. The molecule has 6 atom stereocenters. The van der Waals surface area contributed by atoms with Crippen LogP contribution in [0.3, 0.4) is 0 Å². The molecule has 2 aliphatic heterocycles. The molecule has 39 heavy (non-hydrogen) atoms. The first-order valence-corrected chi connectivity index (χ1v) is 12.4. The molecule has 11 nitrogen and oxygen atoms in total. The van der Waals surface area contributed by atoms with E-state index >= 15 is 0 Å². The van der Waals surface area contributed by atoms with Crippen molar-refractivity contribution in [3.8, 4) is 11.3 Å². The molecule has 212 valence electrons. The number of methoxy groups -OCH3 is 1. The van der Waals surface area contributed by atoms with Gasteiger partial charge in [-0.2, -0.15) is 0 Å². The number of rotatable bonds is 7. The van der Waals surface area contributed by atoms with Gasteiger partial charge in [0.25, 0.3) is 5.92 Å². The summed E-state index contributed by atoms with van der Waals surface area (Å²) in [5, 5.41) is 36.2. The summed E-state index contributed by atoms with van der Waals surface area (Å²) in [6.45, 7) is -0.835. The van der Waals surface area contributed by atoms with E-state index in [0.29, 0.717) is 5.69 Å². The van der Waals surface area contributed by atoms with Gasteiger partial charge in [-0.25, -0.2) is 26.9 Å². The molecular formula is C23H25ClF4N6O5. The van der Waals surface area contributed by atoms with E-state index in [4.69, 9.17) is 25.8 Å². The van der Waals surface area contributed by atoms with Gasteiger partial charge in [-0.05, 0) is 12.1 Å². The Morgan fingerprint density at radius 1 is 1.13 bits per heavy atom. The van der Waals surface area contributed by atoms with E-state index < -0.39 is 72.1 Å². The lowest BCUT2D eigenvalue weighted by Crippen LogP contribution is -2.57. The molecule has 0 aliphatic carbocycles. The quantitative estimate of drug-likeness (QED) is 0.320. The number of benzene rings is 1. The van der Waals surface area contributed by atoms with E-state index in [0.717, 1.165) is 4.68 Å². The SMILES string of the molecule is CO[C@@H]1[C@@H](n2cc(-c3ccc(Cl)c(F)c3F)nn2)[C@@H](O)[C@@H](CO)O[C@@H]1Cc1cn(C2COCCC2(F)F)nn1. The fraction of sp³-hybridized carbons (Fsp3) is 0.565. The molecule has 5 rings (SSSR count). The first-order chi connectivity index (χ1) is 18.6. The molecule has 2 saturated heterocycles. The van der Waals surface area contributed by atoms with Crippen molar-refractivity contribution >= 4 is 11.6 Å². The summed E-state index contributed by atoms with van der Waals surface area (Å²) in [7, 11) is 1.36. The molecule has 0 radical (unpaired) electrons.